The van der Waals surface area contributed by atoms with Crippen molar-refractivity contribution in [3.05, 3.63) is 65.2 Å². The monoisotopic (exact) mass is 490 g/mol. The molecular weight excluding hydrogens is 468 g/mol. The predicted octanol–water partition coefficient (Wildman–Crippen LogP) is 3.92. The third-order valence-electron chi connectivity index (χ3n) is 7.69. The second-order valence-corrected chi connectivity index (χ2v) is 10.2. The van der Waals surface area contributed by atoms with E-state index in [1.54, 1.807) is 54.3 Å². The van der Waals surface area contributed by atoms with Gasteiger partial charge in [0, 0.05) is 23.7 Å². The van der Waals surface area contributed by atoms with Crippen LogP contribution in [0.2, 0.25) is 5.02 Å². The molecule has 2 bridgehead atoms. The van der Waals surface area contributed by atoms with Gasteiger partial charge in [0.25, 0.3) is 0 Å². The average Bonchev–Trinajstić information content (AvgIpc) is 3.59. The van der Waals surface area contributed by atoms with Gasteiger partial charge >= 0.3 is 5.97 Å². The summed E-state index contributed by atoms with van der Waals surface area (Å²) in [6, 6.07) is 11.8. The summed E-state index contributed by atoms with van der Waals surface area (Å²) in [5, 5.41) is 0.569. The van der Waals surface area contributed by atoms with E-state index in [0.717, 1.165) is 6.42 Å². The third-order valence-corrected chi connectivity index (χ3v) is 7.95. The summed E-state index contributed by atoms with van der Waals surface area (Å²) in [5.74, 6) is -1.45. The van der Waals surface area contributed by atoms with E-state index in [2.05, 4.69) is 12.2 Å². The van der Waals surface area contributed by atoms with Crippen molar-refractivity contribution in [2.45, 2.75) is 19.8 Å². The molecule has 2 aromatic rings. The summed E-state index contributed by atoms with van der Waals surface area (Å²) >= 11 is 5.92. The van der Waals surface area contributed by atoms with E-state index in [9.17, 15) is 19.2 Å². The Morgan fingerprint density at radius 3 is 2.26 bits per heavy atom. The van der Waals surface area contributed by atoms with Gasteiger partial charge in [0.05, 0.1) is 23.4 Å². The standard InChI is InChI=1S/C27H23ClN2O5/c1-14-10-20(35-27(34)17-12-22(31)29(13-17)19-6-4-18(28)5-7-19)8-9-21(14)30-25(32)23-15-2-3-16(11-15)24(23)26(30)33/h2-10,15-17,23-24H,11-13H2,1H3/t15-,16+,17-,23+,24+/m1/s1. The number of rotatable bonds is 4. The summed E-state index contributed by atoms with van der Waals surface area (Å²) < 4.78 is 5.58. The number of amides is 3. The summed E-state index contributed by atoms with van der Waals surface area (Å²) in [7, 11) is 0. The molecule has 0 unspecified atom stereocenters. The Bertz CT molecular complexity index is 1270. The number of benzene rings is 2. The Morgan fingerprint density at radius 2 is 1.63 bits per heavy atom. The summed E-state index contributed by atoms with van der Waals surface area (Å²) in [6.07, 6.45) is 5.08. The van der Waals surface area contributed by atoms with Gasteiger partial charge < -0.3 is 9.64 Å². The number of hydrogen-bond acceptors (Lipinski definition) is 5. The van der Waals surface area contributed by atoms with E-state index in [1.165, 1.54) is 4.90 Å². The average molecular weight is 491 g/mol. The van der Waals surface area contributed by atoms with Crippen LogP contribution in [0.15, 0.2) is 54.6 Å². The van der Waals surface area contributed by atoms with Crippen LogP contribution >= 0.6 is 11.6 Å². The zero-order chi connectivity index (χ0) is 24.4. The second-order valence-electron chi connectivity index (χ2n) is 9.76. The molecule has 4 aliphatic rings. The molecular formula is C27H23ClN2O5. The number of anilines is 2. The minimum atomic E-state index is -0.595. The van der Waals surface area contributed by atoms with E-state index in [-0.39, 0.29) is 54.4 Å². The number of aryl methyl sites for hydroxylation is 1. The number of allylic oxidation sites excluding steroid dienone is 2. The molecule has 0 radical (unpaired) electrons. The number of nitrogens with zero attached hydrogens (tertiary/aromatic N) is 2. The van der Waals surface area contributed by atoms with E-state index < -0.39 is 11.9 Å². The van der Waals surface area contributed by atoms with Crippen LogP contribution in [0.1, 0.15) is 18.4 Å². The number of esters is 1. The van der Waals surface area contributed by atoms with Crippen LogP contribution in [0, 0.1) is 36.5 Å². The molecule has 0 N–H and O–H groups in total. The van der Waals surface area contributed by atoms with Crippen molar-refractivity contribution in [2.24, 2.45) is 29.6 Å². The Labute approximate surface area is 207 Å². The van der Waals surface area contributed by atoms with Crippen LogP contribution in [-0.4, -0.2) is 30.2 Å². The normalized spacial score (nSPS) is 28.9. The molecule has 3 fully saturated rings. The van der Waals surface area contributed by atoms with Gasteiger partial charge in [0.15, 0.2) is 0 Å². The highest BCUT2D eigenvalue weighted by Crippen LogP contribution is 2.53. The molecule has 2 aliphatic carbocycles. The molecule has 178 valence electrons. The highest BCUT2D eigenvalue weighted by molar-refractivity contribution is 6.30. The number of hydrogen-bond donors (Lipinski definition) is 0. The second kappa shape index (κ2) is 8.05. The molecule has 7 nitrogen and oxygen atoms in total. The maximum Gasteiger partial charge on any atom is 0.316 e. The molecule has 0 spiro atoms. The molecule has 2 aliphatic heterocycles. The quantitative estimate of drug-likeness (QED) is 0.281. The maximum absolute atomic E-state index is 13.1. The van der Waals surface area contributed by atoms with E-state index in [4.69, 9.17) is 16.3 Å². The lowest BCUT2D eigenvalue weighted by molar-refractivity contribution is -0.139. The molecule has 5 atom stereocenters. The molecule has 1 saturated carbocycles. The van der Waals surface area contributed by atoms with Crippen molar-refractivity contribution in [3.63, 3.8) is 0 Å². The molecule has 35 heavy (non-hydrogen) atoms. The summed E-state index contributed by atoms with van der Waals surface area (Å²) in [5.41, 5.74) is 1.88. The number of halogens is 1. The van der Waals surface area contributed by atoms with Gasteiger partial charge in [-0.05, 0) is 73.2 Å². The molecule has 8 heteroatoms. The van der Waals surface area contributed by atoms with Crippen molar-refractivity contribution in [1.82, 2.24) is 0 Å². The molecule has 2 saturated heterocycles. The third kappa shape index (κ3) is 3.48. The Morgan fingerprint density at radius 1 is 0.971 bits per heavy atom. The first-order valence-corrected chi connectivity index (χ1v) is 12.1. The number of imide groups is 1. The van der Waals surface area contributed by atoms with E-state index in [0.29, 0.717) is 27.7 Å². The highest BCUT2D eigenvalue weighted by Gasteiger charge is 2.59. The van der Waals surface area contributed by atoms with Gasteiger partial charge in [0.2, 0.25) is 17.7 Å². The fraction of sp³-hybridized carbons (Fsp3) is 0.333. The van der Waals surface area contributed by atoms with E-state index >= 15 is 0 Å². The van der Waals surface area contributed by atoms with Crippen LogP contribution in [-0.2, 0) is 19.2 Å². The first-order valence-electron chi connectivity index (χ1n) is 11.8. The van der Waals surface area contributed by atoms with Crippen LogP contribution < -0.4 is 14.5 Å². The first-order chi connectivity index (χ1) is 16.8. The molecule has 2 heterocycles. The summed E-state index contributed by atoms with van der Waals surface area (Å²) in [4.78, 5) is 54.4. The SMILES string of the molecule is Cc1cc(OC(=O)[C@@H]2CC(=O)N(c3ccc(Cl)cc3)C2)ccc1N1C(=O)[C@@H]2[C@@H](C1=O)[C@H]1C=C[C@@H]2C1. The zero-order valence-corrected chi connectivity index (χ0v) is 19.8. The van der Waals surface area contributed by atoms with Gasteiger partial charge in [-0.25, -0.2) is 4.90 Å². The maximum atomic E-state index is 13.1. The highest BCUT2D eigenvalue weighted by atomic mass is 35.5. The zero-order valence-electron chi connectivity index (χ0n) is 19.0. The van der Waals surface area contributed by atoms with Crippen molar-refractivity contribution >= 4 is 46.7 Å². The fourth-order valence-corrected chi connectivity index (χ4v) is 6.14. The van der Waals surface area contributed by atoms with Gasteiger partial charge in [-0.3, -0.25) is 19.2 Å². The van der Waals surface area contributed by atoms with Crippen LogP contribution in [0.4, 0.5) is 11.4 Å². The summed E-state index contributed by atoms with van der Waals surface area (Å²) in [6.45, 7) is 2.02. The van der Waals surface area contributed by atoms with Gasteiger partial charge in [0.1, 0.15) is 5.75 Å². The number of carbonyl (C=O) groups excluding carboxylic acids is 4. The van der Waals surface area contributed by atoms with Crippen molar-refractivity contribution in [3.8, 4) is 5.75 Å². The van der Waals surface area contributed by atoms with Crippen molar-refractivity contribution in [2.75, 3.05) is 16.3 Å². The van der Waals surface area contributed by atoms with Gasteiger partial charge in [-0.15, -0.1) is 0 Å². The lowest BCUT2D eigenvalue weighted by Crippen LogP contribution is -2.33. The largest absolute Gasteiger partial charge is 0.426 e. The topological polar surface area (TPSA) is 84.0 Å². The first kappa shape index (κ1) is 22.0. The lowest BCUT2D eigenvalue weighted by atomic mass is 9.85. The van der Waals surface area contributed by atoms with E-state index in [1.807, 2.05) is 0 Å². The van der Waals surface area contributed by atoms with Crippen LogP contribution in [0.25, 0.3) is 0 Å². The lowest BCUT2D eigenvalue weighted by Gasteiger charge is -2.20. The minimum Gasteiger partial charge on any atom is -0.426 e. The van der Waals surface area contributed by atoms with Crippen molar-refractivity contribution in [1.29, 1.82) is 0 Å². The Hall–Kier alpha value is -3.45. The molecule has 6 rings (SSSR count). The van der Waals surface area contributed by atoms with Crippen molar-refractivity contribution < 1.29 is 23.9 Å². The number of carbonyl (C=O) groups is 4. The van der Waals surface area contributed by atoms with Gasteiger partial charge in [-0.1, -0.05) is 23.8 Å². The Balaban J connectivity index is 1.15. The fourth-order valence-electron chi connectivity index (χ4n) is 6.02. The van der Waals surface area contributed by atoms with Crippen LogP contribution in [0.3, 0.4) is 0 Å². The number of fused-ring (bicyclic) bond motifs is 5. The molecule has 3 amide bonds. The minimum absolute atomic E-state index is 0.0639. The number of ether oxygens (including phenoxy) is 1. The van der Waals surface area contributed by atoms with Gasteiger partial charge in [-0.2, -0.15) is 0 Å². The molecule has 0 aromatic heterocycles. The molecule has 2 aromatic carbocycles. The predicted molar refractivity (Wildman–Crippen MR) is 129 cm³/mol. The Kier molecular flexibility index (Phi) is 5.07. The van der Waals surface area contributed by atoms with Crippen LogP contribution in [0.5, 0.6) is 5.75 Å². The smallest absolute Gasteiger partial charge is 0.316 e.